The van der Waals surface area contributed by atoms with E-state index in [1.54, 1.807) is 30.5 Å². The van der Waals surface area contributed by atoms with Gasteiger partial charge in [-0.1, -0.05) is 18.2 Å². The molecule has 29 heavy (non-hydrogen) atoms. The van der Waals surface area contributed by atoms with Crippen LogP contribution in [-0.2, 0) is 29.4 Å². The minimum absolute atomic E-state index is 0.151. The van der Waals surface area contributed by atoms with Gasteiger partial charge in [-0.2, -0.15) is 9.40 Å². The maximum absolute atomic E-state index is 13.5. The monoisotopic (exact) mass is 410 g/mol. The molecule has 0 radical (unpaired) electrons. The Hall–Kier alpha value is -2.58. The number of benzene rings is 1. The molecule has 1 aromatic carbocycles. The summed E-state index contributed by atoms with van der Waals surface area (Å²) in [6, 6.07) is 10.2. The third-order valence-corrected chi connectivity index (χ3v) is 7.90. The fourth-order valence-corrected chi connectivity index (χ4v) is 6.34. The number of hydrogen-bond donors (Lipinski definition) is 0. The number of pyridine rings is 1. The molecule has 0 N–H and O–H groups in total. The third-order valence-electron chi connectivity index (χ3n) is 5.91. The normalized spacial score (nSPS) is 19.7. The molecule has 2 aromatic heterocycles. The molecule has 1 fully saturated rings. The van der Waals surface area contributed by atoms with Crippen molar-refractivity contribution in [1.82, 2.24) is 19.1 Å². The van der Waals surface area contributed by atoms with Crippen molar-refractivity contribution in [3.63, 3.8) is 0 Å². The van der Waals surface area contributed by atoms with Gasteiger partial charge in [0.25, 0.3) is 5.56 Å². The van der Waals surface area contributed by atoms with Gasteiger partial charge in [0.15, 0.2) is 0 Å². The standard InChI is InChI=1S/C21H22N4O3S/c26-20-13-16-6-1-9-18(16)23-24(20)14-17-8-4-12-25(17)29(27,28)19-10-2-5-15-7-3-11-22-21(15)19/h2-3,5,7,10-11,13,17H,1,4,6,8-9,12,14H2. The van der Waals surface area contributed by atoms with Gasteiger partial charge in [0.05, 0.1) is 17.8 Å². The number of nitrogens with zero attached hydrogens (tertiary/aromatic N) is 4. The van der Waals surface area contributed by atoms with Crippen molar-refractivity contribution in [1.29, 1.82) is 0 Å². The van der Waals surface area contributed by atoms with Crippen LogP contribution in [0.3, 0.4) is 0 Å². The summed E-state index contributed by atoms with van der Waals surface area (Å²) in [5.41, 5.74) is 2.33. The van der Waals surface area contributed by atoms with Gasteiger partial charge in [-0.15, -0.1) is 0 Å². The Kier molecular flexibility index (Phi) is 4.48. The Balaban J connectivity index is 1.50. The fraction of sp³-hybridized carbons (Fsp3) is 0.381. The van der Waals surface area contributed by atoms with Crippen LogP contribution in [0, 0.1) is 0 Å². The first kappa shape index (κ1) is 18.4. The fourth-order valence-electron chi connectivity index (χ4n) is 4.49. The summed E-state index contributed by atoms with van der Waals surface area (Å²) in [6.07, 6.45) is 5.88. The van der Waals surface area contributed by atoms with E-state index in [-0.39, 0.29) is 23.0 Å². The Morgan fingerprint density at radius 3 is 2.86 bits per heavy atom. The second-order valence-electron chi connectivity index (χ2n) is 7.73. The largest absolute Gasteiger partial charge is 0.268 e. The maximum atomic E-state index is 13.5. The molecule has 8 heteroatoms. The molecular formula is C21H22N4O3S. The van der Waals surface area contributed by atoms with Crippen LogP contribution in [0.1, 0.15) is 30.5 Å². The zero-order valence-corrected chi connectivity index (χ0v) is 16.8. The van der Waals surface area contributed by atoms with E-state index in [2.05, 4.69) is 10.1 Å². The third kappa shape index (κ3) is 3.16. The smallest absolute Gasteiger partial charge is 0.267 e. The number of para-hydroxylation sites is 1. The molecule has 0 bridgehead atoms. The van der Waals surface area contributed by atoms with Crippen molar-refractivity contribution in [2.75, 3.05) is 6.54 Å². The van der Waals surface area contributed by atoms with Crippen molar-refractivity contribution in [2.45, 2.75) is 49.6 Å². The molecule has 1 atom stereocenters. The lowest BCUT2D eigenvalue weighted by Gasteiger charge is -2.25. The quantitative estimate of drug-likeness (QED) is 0.658. The van der Waals surface area contributed by atoms with Crippen molar-refractivity contribution in [2.24, 2.45) is 0 Å². The first-order valence-electron chi connectivity index (χ1n) is 9.99. The zero-order valence-electron chi connectivity index (χ0n) is 16.0. The minimum atomic E-state index is -3.73. The highest BCUT2D eigenvalue weighted by Crippen LogP contribution is 2.30. The summed E-state index contributed by atoms with van der Waals surface area (Å²) in [5.74, 6) is 0. The molecule has 7 nitrogen and oxygen atoms in total. The Morgan fingerprint density at radius 2 is 1.97 bits per heavy atom. The summed E-state index contributed by atoms with van der Waals surface area (Å²) >= 11 is 0. The van der Waals surface area contributed by atoms with E-state index in [0.29, 0.717) is 18.5 Å². The lowest BCUT2D eigenvalue weighted by Crippen LogP contribution is -2.40. The second-order valence-corrected chi connectivity index (χ2v) is 9.59. The molecule has 1 aliphatic carbocycles. The van der Waals surface area contributed by atoms with E-state index in [0.717, 1.165) is 42.3 Å². The lowest BCUT2D eigenvalue weighted by atomic mass is 10.2. The molecule has 5 rings (SSSR count). The Labute approximate surface area is 169 Å². The molecule has 0 saturated carbocycles. The maximum Gasteiger partial charge on any atom is 0.267 e. The van der Waals surface area contributed by atoms with Crippen molar-refractivity contribution < 1.29 is 8.42 Å². The highest BCUT2D eigenvalue weighted by atomic mass is 32.2. The van der Waals surface area contributed by atoms with E-state index < -0.39 is 10.0 Å². The van der Waals surface area contributed by atoms with Crippen molar-refractivity contribution >= 4 is 20.9 Å². The Morgan fingerprint density at radius 1 is 1.10 bits per heavy atom. The molecule has 0 amide bonds. The predicted octanol–water partition coefficient (Wildman–Crippen LogP) is 2.13. The summed E-state index contributed by atoms with van der Waals surface area (Å²) < 4.78 is 30.0. The van der Waals surface area contributed by atoms with Crippen LogP contribution >= 0.6 is 0 Å². The summed E-state index contributed by atoms with van der Waals surface area (Å²) in [6.45, 7) is 0.722. The number of aryl methyl sites for hydroxylation is 2. The van der Waals surface area contributed by atoms with Gasteiger partial charge < -0.3 is 0 Å². The van der Waals surface area contributed by atoms with Gasteiger partial charge >= 0.3 is 0 Å². The van der Waals surface area contributed by atoms with Crippen LogP contribution in [0.2, 0.25) is 0 Å². The molecule has 150 valence electrons. The van der Waals surface area contributed by atoms with Gasteiger partial charge in [0.2, 0.25) is 10.0 Å². The first-order valence-corrected chi connectivity index (χ1v) is 11.4. The van der Waals surface area contributed by atoms with Crippen molar-refractivity contribution in [3.05, 3.63) is 64.2 Å². The summed E-state index contributed by atoms with van der Waals surface area (Å²) in [5, 5.41) is 5.32. The highest BCUT2D eigenvalue weighted by molar-refractivity contribution is 7.89. The highest BCUT2D eigenvalue weighted by Gasteiger charge is 2.37. The van der Waals surface area contributed by atoms with Gasteiger partial charge in [-0.3, -0.25) is 9.78 Å². The molecule has 1 aliphatic heterocycles. The van der Waals surface area contributed by atoms with Gasteiger partial charge in [-0.05, 0) is 49.8 Å². The SMILES string of the molecule is O=c1cc2c(nn1CC1CCCN1S(=O)(=O)c1cccc3cccnc13)CCC2. The van der Waals surface area contributed by atoms with E-state index in [1.165, 1.54) is 8.99 Å². The van der Waals surface area contributed by atoms with Gasteiger partial charge in [0.1, 0.15) is 4.90 Å². The lowest BCUT2D eigenvalue weighted by molar-refractivity contribution is 0.334. The zero-order chi connectivity index (χ0) is 20.0. The molecule has 1 saturated heterocycles. The molecular weight excluding hydrogens is 388 g/mol. The molecule has 0 spiro atoms. The van der Waals surface area contributed by atoms with E-state index in [4.69, 9.17) is 0 Å². The van der Waals surface area contributed by atoms with Crippen LogP contribution in [0.25, 0.3) is 10.9 Å². The molecule has 3 aromatic rings. The van der Waals surface area contributed by atoms with Crippen LogP contribution in [0.15, 0.2) is 52.3 Å². The van der Waals surface area contributed by atoms with Gasteiger partial charge in [-0.25, -0.2) is 13.1 Å². The molecule has 2 aliphatic rings. The number of sulfonamides is 1. The van der Waals surface area contributed by atoms with Gasteiger partial charge in [0, 0.05) is 30.2 Å². The number of rotatable bonds is 4. The van der Waals surface area contributed by atoms with E-state index in [1.807, 2.05) is 12.1 Å². The average Bonchev–Trinajstić information content (AvgIpc) is 3.37. The van der Waals surface area contributed by atoms with Crippen LogP contribution in [-0.4, -0.2) is 40.1 Å². The topological polar surface area (TPSA) is 85.2 Å². The predicted molar refractivity (Wildman–Crippen MR) is 109 cm³/mol. The van der Waals surface area contributed by atoms with Crippen molar-refractivity contribution in [3.8, 4) is 0 Å². The van der Waals surface area contributed by atoms with Crippen LogP contribution < -0.4 is 5.56 Å². The second kappa shape index (κ2) is 7.03. The van der Waals surface area contributed by atoms with E-state index >= 15 is 0 Å². The summed E-state index contributed by atoms with van der Waals surface area (Å²) in [7, 11) is -3.73. The first-order chi connectivity index (χ1) is 14.0. The van der Waals surface area contributed by atoms with E-state index in [9.17, 15) is 13.2 Å². The number of hydrogen-bond acceptors (Lipinski definition) is 5. The minimum Gasteiger partial charge on any atom is -0.268 e. The van der Waals surface area contributed by atoms with Crippen LogP contribution in [0.4, 0.5) is 0 Å². The number of aromatic nitrogens is 3. The molecule has 1 unspecified atom stereocenters. The Bertz CT molecular complexity index is 1250. The van der Waals surface area contributed by atoms with Crippen LogP contribution in [0.5, 0.6) is 0 Å². The average molecular weight is 410 g/mol. The molecule has 3 heterocycles. The summed E-state index contributed by atoms with van der Waals surface area (Å²) in [4.78, 5) is 17.0. The number of fused-ring (bicyclic) bond motifs is 2.